The van der Waals surface area contributed by atoms with Crippen LogP contribution in [0.4, 0.5) is 34.1 Å². The molecular formula is C86H58N2. The van der Waals surface area contributed by atoms with Gasteiger partial charge in [0.2, 0.25) is 0 Å². The molecule has 14 aromatic rings. The summed E-state index contributed by atoms with van der Waals surface area (Å²) in [6, 6.07) is 131. The van der Waals surface area contributed by atoms with Crippen LogP contribution in [0.5, 0.6) is 0 Å². The van der Waals surface area contributed by atoms with Gasteiger partial charge >= 0.3 is 0 Å². The van der Waals surface area contributed by atoms with Crippen molar-refractivity contribution >= 4 is 34.1 Å². The summed E-state index contributed by atoms with van der Waals surface area (Å²) in [5.74, 6) is 0. The standard InChI is InChI=1S/C86H58N2/c1-4-25-59(26-5-1)61-49-51-63(52-50-61)70-35-15-21-47-82(70)88(83-48-24-46-81-84(83)75-40-14-20-45-80(75)86(81)78-43-18-12-38-73(78)74-39-13-19-44-79(74)86)69-34-23-33-68(58-69)87(66-55-53-62(54-56-66)60-27-6-2-7-28-60)67-32-22-31-65(57-67)85(64-29-8-3-9-30-64)76-41-16-10-36-71(76)72-37-11-17-42-77(72)85/h1-58H. The van der Waals surface area contributed by atoms with Crippen molar-refractivity contribution in [2.75, 3.05) is 9.80 Å². The summed E-state index contributed by atoms with van der Waals surface area (Å²) >= 11 is 0. The number of anilines is 6. The van der Waals surface area contributed by atoms with E-state index in [1.807, 2.05) is 0 Å². The summed E-state index contributed by atoms with van der Waals surface area (Å²) in [4.78, 5) is 5.01. The molecule has 0 atom stereocenters. The van der Waals surface area contributed by atoms with Crippen LogP contribution in [-0.4, -0.2) is 0 Å². The van der Waals surface area contributed by atoms with Gasteiger partial charge in [-0.05, 0) is 155 Å². The van der Waals surface area contributed by atoms with E-state index in [-0.39, 0.29) is 0 Å². The fourth-order valence-corrected chi connectivity index (χ4v) is 15.3. The van der Waals surface area contributed by atoms with Crippen LogP contribution in [0.25, 0.3) is 66.8 Å². The second kappa shape index (κ2) is 20.7. The van der Waals surface area contributed by atoms with Gasteiger partial charge in [-0.1, -0.05) is 297 Å². The third-order valence-corrected chi connectivity index (χ3v) is 19.0. The maximum absolute atomic E-state index is 2.55. The van der Waals surface area contributed by atoms with Gasteiger partial charge < -0.3 is 9.80 Å². The van der Waals surface area contributed by atoms with Crippen LogP contribution < -0.4 is 9.80 Å². The lowest BCUT2D eigenvalue weighted by molar-refractivity contribution is 0.768. The first-order valence-electron chi connectivity index (χ1n) is 30.6. The van der Waals surface area contributed by atoms with E-state index in [9.17, 15) is 0 Å². The Labute approximate surface area is 514 Å². The van der Waals surface area contributed by atoms with Gasteiger partial charge in [-0.15, -0.1) is 0 Å². The Balaban J connectivity index is 0.902. The minimum atomic E-state index is -0.587. The van der Waals surface area contributed by atoms with E-state index < -0.39 is 10.8 Å². The molecule has 2 nitrogen and oxygen atoms in total. The van der Waals surface area contributed by atoms with Crippen molar-refractivity contribution in [3.05, 3.63) is 396 Å². The fourth-order valence-electron chi connectivity index (χ4n) is 15.3. The highest BCUT2D eigenvalue weighted by Gasteiger charge is 2.52. The maximum Gasteiger partial charge on any atom is 0.0726 e. The third kappa shape index (κ3) is 7.75. The molecule has 0 saturated carbocycles. The average molecular weight is 1120 g/mol. The Kier molecular flexibility index (Phi) is 12.0. The van der Waals surface area contributed by atoms with Crippen LogP contribution in [0, 0.1) is 0 Å². The van der Waals surface area contributed by atoms with Crippen molar-refractivity contribution in [1.29, 1.82) is 0 Å². The number of hydrogen-bond acceptors (Lipinski definition) is 2. The summed E-state index contributed by atoms with van der Waals surface area (Å²) in [6.07, 6.45) is 0. The van der Waals surface area contributed by atoms with Gasteiger partial charge in [-0.3, -0.25) is 0 Å². The zero-order chi connectivity index (χ0) is 58.2. The lowest BCUT2D eigenvalue weighted by Crippen LogP contribution is -2.28. The molecule has 1 spiro atoms. The van der Waals surface area contributed by atoms with Gasteiger partial charge in [0.05, 0.1) is 22.2 Å². The molecule has 0 amide bonds. The largest absolute Gasteiger partial charge is 0.310 e. The fraction of sp³-hybridized carbons (Fsp3) is 0.0233. The summed E-state index contributed by atoms with van der Waals surface area (Å²) in [5, 5.41) is 0. The average Bonchev–Trinajstić information content (AvgIpc) is 1.52. The molecule has 0 fully saturated rings. The summed E-state index contributed by atoms with van der Waals surface area (Å²) in [6.45, 7) is 0. The zero-order valence-corrected chi connectivity index (χ0v) is 48.4. The molecule has 0 aromatic heterocycles. The molecule has 0 bridgehead atoms. The van der Waals surface area contributed by atoms with Crippen molar-refractivity contribution in [3.8, 4) is 66.8 Å². The Bertz CT molecular complexity index is 4880. The van der Waals surface area contributed by atoms with E-state index in [1.54, 1.807) is 0 Å². The first-order chi connectivity index (χ1) is 43.7. The number of rotatable bonds is 11. The number of hydrogen-bond donors (Lipinski definition) is 0. The molecule has 3 aliphatic rings. The van der Waals surface area contributed by atoms with Gasteiger partial charge in [-0.2, -0.15) is 0 Å². The second-order valence-electron chi connectivity index (χ2n) is 23.4. The van der Waals surface area contributed by atoms with Crippen LogP contribution in [0.15, 0.2) is 352 Å². The van der Waals surface area contributed by atoms with E-state index in [1.165, 1.54) is 94.6 Å². The van der Waals surface area contributed by atoms with Gasteiger partial charge in [0.15, 0.2) is 0 Å². The molecular weight excluding hydrogens is 1060 g/mol. The molecule has 0 saturated heterocycles. The first kappa shape index (κ1) is 51.1. The van der Waals surface area contributed by atoms with Crippen LogP contribution in [-0.2, 0) is 10.8 Å². The maximum atomic E-state index is 2.55. The number of benzene rings is 14. The molecule has 14 aromatic carbocycles. The zero-order valence-electron chi connectivity index (χ0n) is 48.4. The van der Waals surface area contributed by atoms with E-state index >= 15 is 0 Å². The van der Waals surface area contributed by atoms with E-state index in [0.29, 0.717) is 0 Å². The van der Waals surface area contributed by atoms with E-state index in [2.05, 4.69) is 362 Å². The minimum absolute atomic E-state index is 0.527. The lowest BCUT2D eigenvalue weighted by Gasteiger charge is -2.35. The van der Waals surface area contributed by atoms with Crippen molar-refractivity contribution in [2.24, 2.45) is 0 Å². The molecule has 0 unspecified atom stereocenters. The molecule has 2 heteroatoms. The van der Waals surface area contributed by atoms with Crippen LogP contribution >= 0.6 is 0 Å². The highest BCUT2D eigenvalue weighted by Crippen LogP contribution is 2.65. The quantitative estimate of drug-likeness (QED) is 0.127. The van der Waals surface area contributed by atoms with Gasteiger partial charge in [0.25, 0.3) is 0 Å². The number of nitrogens with zero attached hydrogens (tertiary/aromatic N) is 2. The normalized spacial score (nSPS) is 13.2. The Morgan fingerprint density at radius 3 is 1.09 bits per heavy atom. The smallest absolute Gasteiger partial charge is 0.0726 e. The van der Waals surface area contributed by atoms with Crippen LogP contribution in [0.3, 0.4) is 0 Å². The number of fused-ring (bicyclic) bond motifs is 13. The first-order valence-corrected chi connectivity index (χ1v) is 30.6. The Morgan fingerprint density at radius 1 is 0.182 bits per heavy atom. The molecule has 17 rings (SSSR count). The molecule has 412 valence electrons. The van der Waals surface area contributed by atoms with Gasteiger partial charge in [0.1, 0.15) is 0 Å². The summed E-state index contributed by atoms with van der Waals surface area (Å²) in [5.41, 5.74) is 30.1. The van der Waals surface area contributed by atoms with Crippen molar-refractivity contribution < 1.29 is 0 Å². The van der Waals surface area contributed by atoms with Crippen molar-refractivity contribution in [1.82, 2.24) is 0 Å². The monoisotopic (exact) mass is 1120 g/mol. The molecule has 0 N–H and O–H groups in total. The molecule has 0 aliphatic heterocycles. The second-order valence-corrected chi connectivity index (χ2v) is 23.4. The summed E-state index contributed by atoms with van der Waals surface area (Å²) in [7, 11) is 0. The molecule has 3 aliphatic carbocycles. The third-order valence-electron chi connectivity index (χ3n) is 19.0. The molecule has 0 radical (unpaired) electrons. The Morgan fingerprint density at radius 2 is 0.534 bits per heavy atom. The highest BCUT2D eigenvalue weighted by atomic mass is 15.2. The Hall–Kier alpha value is -11.3. The SMILES string of the molecule is c1ccc(-c2ccc(-c3ccccc3N(c3cccc(N(c4ccc(-c5ccccc5)cc4)c4cccc(C5(c6ccccc6)c6ccccc6-c6ccccc65)c4)c3)c3cccc4c3-c3ccccc3C43c4ccccc4-c4ccccc43)cc2)cc1. The van der Waals surface area contributed by atoms with Gasteiger partial charge in [0, 0.05) is 33.9 Å². The van der Waals surface area contributed by atoms with Gasteiger partial charge in [-0.25, -0.2) is 0 Å². The number of para-hydroxylation sites is 1. The highest BCUT2D eigenvalue weighted by molar-refractivity contribution is 6.03. The predicted molar refractivity (Wildman–Crippen MR) is 366 cm³/mol. The van der Waals surface area contributed by atoms with Crippen LogP contribution in [0.1, 0.15) is 44.5 Å². The van der Waals surface area contributed by atoms with E-state index in [4.69, 9.17) is 0 Å². The molecule has 88 heavy (non-hydrogen) atoms. The van der Waals surface area contributed by atoms with Crippen LogP contribution in [0.2, 0.25) is 0 Å². The van der Waals surface area contributed by atoms with Crippen molar-refractivity contribution in [2.45, 2.75) is 10.8 Å². The predicted octanol–water partition coefficient (Wildman–Crippen LogP) is 22.3. The van der Waals surface area contributed by atoms with E-state index in [0.717, 1.165) is 50.8 Å². The lowest BCUT2D eigenvalue weighted by atomic mass is 9.67. The molecule has 0 heterocycles. The minimum Gasteiger partial charge on any atom is -0.310 e. The topological polar surface area (TPSA) is 6.48 Å². The summed E-state index contributed by atoms with van der Waals surface area (Å²) < 4.78 is 0. The van der Waals surface area contributed by atoms with Crippen molar-refractivity contribution in [3.63, 3.8) is 0 Å².